The van der Waals surface area contributed by atoms with Gasteiger partial charge in [0.15, 0.2) is 0 Å². The van der Waals surface area contributed by atoms with E-state index in [1.54, 1.807) is 16.4 Å². The third-order valence-corrected chi connectivity index (χ3v) is 8.12. The first kappa shape index (κ1) is 15.9. The molecule has 0 aliphatic carbocycles. The molecule has 0 bridgehead atoms. The molecule has 1 aromatic heterocycles. The molecule has 21 heavy (non-hydrogen) atoms. The van der Waals surface area contributed by atoms with Crippen molar-refractivity contribution in [2.24, 2.45) is 0 Å². The number of nitrogens with zero attached hydrogens (tertiary/aromatic N) is 2. The first-order valence-corrected chi connectivity index (χ1v) is 10.2. The van der Waals surface area contributed by atoms with E-state index in [9.17, 15) is 8.42 Å². The Morgan fingerprint density at radius 2 is 1.81 bits per heavy atom. The molecule has 5 nitrogen and oxygen atoms in total. The van der Waals surface area contributed by atoms with Crippen LogP contribution in [0.15, 0.2) is 20.1 Å². The van der Waals surface area contributed by atoms with Crippen LogP contribution in [-0.2, 0) is 14.8 Å². The van der Waals surface area contributed by atoms with Gasteiger partial charge in [-0.3, -0.25) is 4.90 Å². The van der Waals surface area contributed by atoms with E-state index in [1.807, 2.05) is 0 Å². The number of sulfonamides is 1. The van der Waals surface area contributed by atoms with E-state index in [-0.39, 0.29) is 0 Å². The van der Waals surface area contributed by atoms with Gasteiger partial charge in [0.1, 0.15) is 4.21 Å². The maximum atomic E-state index is 12.6. The predicted molar refractivity (Wildman–Crippen MR) is 86.2 cm³/mol. The zero-order chi connectivity index (χ0) is 14.9. The van der Waals surface area contributed by atoms with Gasteiger partial charge in [0.05, 0.1) is 17.0 Å². The zero-order valence-electron chi connectivity index (χ0n) is 11.7. The molecule has 2 aliphatic rings. The molecule has 0 unspecified atom stereocenters. The third-order valence-electron chi connectivity index (χ3n) is 4.13. The number of ether oxygens (including phenoxy) is 1. The van der Waals surface area contributed by atoms with E-state index in [2.05, 4.69) is 20.8 Å². The van der Waals surface area contributed by atoms with Crippen molar-refractivity contribution in [3.8, 4) is 0 Å². The van der Waals surface area contributed by atoms with E-state index >= 15 is 0 Å². The molecule has 118 valence electrons. The van der Waals surface area contributed by atoms with Crippen LogP contribution in [0.1, 0.15) is 12.8 Å². The Balaban J connectivity index is 1.62. The van der Waals surface area contributed by atoms with Gasteiger partial charge in [0.2, 0.25) is 0 Å². The zero-order valence-corrected chi connectivity index (χ0v) is 14.9. The minimum absolute atomic E-state index is 0.430. The van der Waals surface area contributed by atoms with E-state index < -0.39 is 10.0 Å². The standard InChI is InChI=1S/C13H19BrN2O3S2/c14-12-1-2-13(20-12)21(17,18)16-5-3-11(4-6-16)15-7-9-19-10-8-15/h1-2,11H,3-10H2. The van der Waals surface area contributed by atoms with Crippen molar-refractivity contribution in [1.29, 1.82) is 0 Å². The van der Waals surface area contributed by atoms with Crippen LogP contribution in [0.3, 0.4) is 0 Å². The van der Waals surface area contributed by atoms with Crippen molar-refractivity contribution < 1.29 is 13.2 Å². The highest BCUT2D eigenvalue weighted by Crippen LogP contribution is 2.30. The maximum Gasteiger partial charge on any atom is 0.252 e. The number of hydrogen-bond donors (Lipinski definition) is 0. The second-order valence-corrected chi connectivity index (χ2v) is 9.97. The van der Waals surface area contributed by atoms with E-state index in [0.717, 1.165) is 42.9 Å². The SMILES string of the molecule is O=S(=O)(c1ccc(Br)s1)N1CCC(N2CCOCC2)CC1. The smallest absolute Gasteiger partial charge is 0.252 e. The van der Waals surface area contributed by atoms with Gasteiger partial charge in [0, 0.05) is 32.2 Å². The summed E-state index contributed by atoms with van der Waals surface area (Å²) < 4.78 is 33.4. The van der Waals surface area contributed by atoms with Crippen LogP contribution in [0.4, 0.5) is 0 Å². The summed E-state index contributed by atoms with van der Waals surface area (Å²) in [6.07, 6.45) is 1.82. The summed E-state index contributed by atoms with van der Waals surface area (Å²) >= 11 is 4.60. The Morgan fingerprint density at radius 3 is 2.38 bits per heavy atom. The van der Waals surface area contributed by atoms with Crippen LogP contribution in [0.25, 0.3) is 0 Å². The predicted octanol–water partition coefficient (Wildman–Crippen LogP) is 2.00. The minimum atomic E-state index is -3.32. The number of rotatable bonds is 3. The molecule has 0 radical (unpaired) electrons. The second kappa shape index (κ2) is 6.64. The number of thiophene rings is 1. The highest BCUT2D eigenvalue weighted by atomic mass is 79.9. The molecule has 0 saturated carbocycles. The van der Waals surface area contributed by atoms with Gasteiger partial charge in [0.25, 0.3) is 10.0 Å². The van der Waals surface area contributed by atoms with Crippen molar-refractivity contribution in [3.05, 3.63) is 15.9 Å². The lowest BCUT2D eigenvalue weighted by atomic mass is 10.0. The Morgan fingerprint density at radius 1 is 1.14 bits per heavy atom. The van der Waals surface area contributed by atoms with Gasteiger partial charge < -0.3 is 4.74 Å². The topological polar surface area (TPSA) is 49.9 Å². The Labute approximate surface area is 138 Å². The molecular formula is C13H19BrN2O3S2. The monoisotopic (exact) mass is 394 g/mol. The molecule has 3 rings (SSSR count). The van der Waals surface area contributed by atoms with Gasteiger partial charge in [-0.25, -0.2) is 8.42 Å². The van der Waals surface area contributed by atoms with E-state index in [1.165, 1.54) is 11.3 Å². The van der Waals surface area contributed by atoms with Crippen LogP contribution in [0.2, 0.25) is 0 Å². The average Bonchev–Trinajstić information content (AvgIpc) is 2.96. The van der Waals surface area contributed by atoms with Crippen molar-refractivity contribution in [3.63, 3.8) is 0 Å². The van der Waals surface area contributed by atoms with Gasteiger partial charge in [-0.05, 0) is 40.9 Å². The summed E-state index contributed by atoms with van der Waals surface area (Å²) in [7, 11) is -3.32. The van der Waals surface area contributed by atoms with Gasteiger partial charge in [-0.1, -0.05) is 0 Å². The van der Waals surface area contributed by atoms with Crippen molar-refractivity contribution in [2.75, 3.05) is 39.4 Å². The van der Waals surface area contributed by atoms with Gasteiger partial charge in [-0.15, -0.1) is 11.3 Å². The Bertz CT molecular complexity index is 576. The number of hydrogen-bond acceptors (Lipinski definition) is 5. The fourth-order valence-corrected chi connectivity index (χ4v) is 6.59. The average molecular weight is 395 g/mol. The van der Waals surface area contributed by atoms with Crippen molar-refractivity contribution >= 4 is 37.3 Å². The minimum Gasteiger partial charge on any atom is -0.379 e. The normalized spacial score (nSPS) is 23.5. The lowest BCUT2D eigenvalue weighted by Crippen LogP contribution is -2.49. The Kier molecular flexibility index (Phi) is 5.02. The molecule has 1 aromatic rings. The quantitative estimate of drug-likeness (QED) is 0.786. The Hall–Kier alpha value is 0.01000. The number of halogens is 1. The van der Waals surface area contributed by atoms with Crippen LogP contribution in [0.5, 0.6) is 0 Å². The molecule has 2 aliphatic heterocycles. The molecule has 2 fully saturated rings. The molecule has 0 N–H and O–H groups in total. The van der Waals surface area contributed by atoms with Crippen LogP contribution >= 0.6 is 27.3 Å². The third kappa shape index (κ3) is 3.51. The highest BCUT2D eigenvalue weighted by molar-refractivity contribution is 9.11. The van der Waals surface area contributed by atoms with E-state index in [0.29, 0.717) is 23.3 Å². The molecule has 0 aromatic carbocycles. The van der Waals surface area contributed by atoms with Crippen molar-refractivity contribution in [2.45, 2.75) is 23.1 Å². The highest BCUT2D eigenvalue weighted by Gasteiger charge is 2.32. The maximum absolute atomic E-state index is 12.6. The molecule has 0 spiro atoms. The van der Waals surface area contributed by atoms with E-state index in [4.69, 9.17) is 4.74 Å². The second-order valence-electron chi connectivity index (χ2n) is 5.34. The number of piperidine rings is 1. The first-order chi connectivity index (χ1) is 10.1. The summed E-state index contributed by atoms with van der Waals surface area (Å²) in [6.45, 7) is 4.74. The molecule has 2 saturated heterocycles. The van der Waals surface area contributed by atoms with Crippen LogP contribution in [-0.4, -0.2) is 63.1 Å². The van der Waals surface area contributed by atoms with Crippen LogP contribution in [0, 0.1) is 0 Å². The molecule has 3 heterocycles. The summed E-state index contributed by atoms with van der Waals surface area (Å²) in [5, 5.41) is 0. The molecular weight excluding hydrogens is 376 g/mol. The van der Waals surface area contributed by atoms with Crippen LogP contribution < -0.4 is 0 Å². The summed E-state index contributed by atoms with van der Waals surface area (Å²) in [5.41, 5.74) is 0. The molecule has 0 amide bonds. The largest absolute Gasteiger partial charge is 0.379 e. The van der Waals surface area contributed by atoms with Gasteiger partial charge >= 0.3 is 0 Å². The first-order valence-electron chi connectivity index (χ1n) is 7.14. The lowest BCUT2D eigenvalue weighted by molar-refractivity contribution is 0.00611. The van der Waals surface area contributed by atoms with Gasteiger partial charge in [-0.2, -0.15) is 4.31 Å². The molecule has 0 atom stereocenters. The molecule has 8 heteroatoms. The lowest BCUT2D eigenvalue weighted by Gasteiger charge is -2.39. The summed E-state index contributed by atoms with van der Waals surface area (Å²) in [6, 6.07) is 3.96. The fourth-order valence-electron chi connectivity index (χ4n) is 2.95. The summed E-state index contributed by atoms with van der Waals surface area (Å²) in [4.78, 5) is 2.44. The van der Waals surface area contributed by atoms with Crippen molar-refractivity contribution in [1.82, 2.24) is 9.21 Å². The number of morpholine rings is 1. The summed E-state index contributed by atoms with van der Waals surface area (Å²) in [5.74, 6) is 0. The fraction of sp³-hybridized carbons (Fsp3) is 0.692.